The molecule has 0 spiro atoms. The molecule has 0 aliphatic carbocycles. The standard InChI is InChI=1S/C21H22N4O3S/c1-11-10-12(2)24-21-17(11)13(3)18(29-21)20(28)25-15-7-5-4-6-14(15)19(27)23-9-8-16(22)26/h4-7,10H,8-9H2,1-3H3,(H2,22,26)(H,23,27)(H,25,28). The van der Waals surface area contributed by atoms with Crippen LogP contribution in [0, 0.1) is 20.8 Å². The first kappa shape index (κ1) is 20.5. The van der Waals surface area contributed by atoms with Crippen LogP contribution in [0.15, 0.2) is 30.3 Å². The van der Waals surface area contributed by atoms with Crippen molar-refractivity contribution in [3.63, 3.8) is 0 Å². The third kappa shape index (κ3) is 4.43. The van der Waals surface area contributed by atoms with Gasteiger partial charge < -0.3 is 16.4 Å². The number of para-hydroxylation sites is 1. The lowest BCUT2D eigenvalue weighted by molar-refractivity contribution is -0.117. The van der Waals surface area contributed by atoms with Crippen LogP contribution in [0.3, 0.4) is 0 Å². The molecule has 0 fully saturated rings. The highest BCUT2D eigenvalue weighted by atomic mass is 32.1. The molecule has 0 aliphatic rings. The molecule has 0 unspecified atom stereocenters. The third-order valence-corrected chi connectivity index (χ3v) is 5.69. The number of primary amides is 1. The lowest BCUT2D eigenvalue weighted by Gasteiger charge is -2.11. The van der Waals surface area contributed by atoms with Crippen molar-refractivity contribution in [1.82, 2.24) is 10.3 Å². The predicted molar refractivity (Wildman–Crippen MR) is 114 cm³/mol. The van der Waals surface area contributed by atoms with Gasteiger partial charge in [-0.15, -0.1) is 11.3 Å². The number of nitrogens with zero attached hydrogens (tertiary/aromatic N) is 1. The molecular weight excluding hydrogens is 388 g/mol. The maximum Gasteiger partial charge on any atom is 0.266 e. The summed E-state index contributed by atoms with van der Waals surface area (Å²) < 4.78 is 0. The molecule has 150 valence electrons. The Morgan fingerprint density at radius 3 is 2.55 bits per heavy atom. The summed E-state index contributed by atoms with van der Waals surface area (Å²) in [6, 6.07) is 8.72. The number of carbonyl (C=O) groups excluding carboxylic acids is 3. The van der Waals surface area contributed by atoms with Gasteiger partial charge in [0.2, 0.25) is 5.91 Å². The highest BCUT2D eigenvalue weighted by Crippen LogP contribution is 2.33. The van der Waals surface area contributed by atoms with Gasteiger partial charge in [-0.3, -0.25) is 14.4 Å². The monoisotopic (exact) mass is 410 g/mol. The van der Waals surface area contributed by atoms with E-state index in [0.29, 0.717) is 16.1 Å². The van der Waals surface area contributed by atoms with Crippen molar-refractivity contribution in [3.05, 3.63) is 57.6 Å². The Hall–Kier alpha value is -3.26. The molecule has 0 atom stereocenters. The van der Waals surface area contributed by atoms with Crippen LogP contribution in [-0.4, -0.2) is 29.3 Å². The summed E-state index contributed by atoms with van der Waals surface area (Å²) in [5.41, 5.74) is 8.65. The molecule has 0 saturated carbocycles. The zero-order valence-electron chi connectivity index (χ0n) is 16.5. The molecule has 4 N–H and O–H groups in total. The van der Waals surface area contributed by atoms with E-state index in [4.69, 9.17) is 5.73 Å². The van der Waals surface area contributed by atoms with Crippen molar-refractivity contribution in [2.45, 2.75) is 27.2 Å². The number of fused-ring (bicyclic) bond motifs is 1. The SMILES string of the molecule is Cc1cc(C)c2c(C)c(C(=O)Nc3ccccc3C(=O)NCCC(N)=O)sc2n1. The lowest BCUT2D eigenvalue weighted by Crippen LogP contribution is -2.28. The molecule has 2 aromatic heterocycles. The minimum absolute atomic E-state index is 0.0486. The van der Waals surface area contributed by atoms with Crippen LogP contribution < -0.4 is 16.4 Å². The molecule has 8 heteroatoms. The predicted octanol–water partition coefficient (Wildman–Crippen LogP) is 3.08. The van der Waals surface area contributed by atoms with Gasteiger partial charge in [0.15, 0.2) is 0 Å². The number of aromatic nitrogens is 1. The maximum atomic E-state index is 13.0. The van der Waals surface area contributed by atoms with Gasteiger partial charge in [0, 0.05) is 24.0 Å². The van der Waals surface area contributed by atoms with Gasteiger partial charge in [-0.25, -0.2) is 4.98 Å². The number of nitrogens with two attached hydrogens (primary N) is 1. The topological polar surface area (TPSA) is 114 Å². The first-order valence-electron chi connectivity index (χ1n) is 9.12. The van der Waals surface area contributed by atoms with E-state index in [-0.39, 0.29) is 24.8 Å². The highest BCUT2D eigenvalue weighted by molar-refractivity contribution is 7.20. The molecule has 0 radical (unpaired) electrons. The largest absolute Gasteiger partial charge is 0.370 e. The van der Waals surface area contributed by atoms with E-state index in [2.05, 4.69) is 15.6 Å². The molecule has 3 amide bonds. The molecule has 7 nitrogen and oxygen atoms in total. The number of carbonyl (C=O) groups is 3. The summed E-state index contributed by atoms with van der Waals surface area (Å²) in [5, 5.41) is 6.45. The van der Waals surface area contributed by atoms with Gasteiger partial charge in [0.1, 0.15) is 4.83 Å². The molecule has 3 rings (SSSR count). The maximum absolute atomic E-state index is 13.0. The number of thiophene rings is 1. The summed E-state index contributed by atoms with van der Waals surface area (Å²) in [6.07, 6.45) is 0.0486. The average molecular weight is 410 g/mol. The molecular formula is C21H22N4O3S. The average Bonchev–Trinajstić information content (AvgIpc) is 2.98. The second kappa shape index (κ2) is 8.40. The second-order valence-electron chi connectivity index (χ2n) is 6.79. The number of hydrogen-bond donors (Lipinski definition) is 3. The number of nitrogens with one attached hydrogen (secondary N) is 2. The Labute approximate surface area is 172 Å². The van der Waals surface area contributed by atoms with Crippen molar-refractivity contribution >= 4 is 45.0 Å². The number of anilines is 1. The van der Waals surface area contributed by atoms with Crippen LogP contribution >= 0.6 is 11.3 Å². The number of aryl methyl sites for hydroxylation is 3. The third-order valence-electron chi connectivity index (χ3n) is 4.51. The van der Waals surface area contributed by atoms with Crippen molar-refractivity contribution in [2.75, 3.05) is 11.9 Å². The highest BCUT2D eigenvalue weighted by Gasteiger charge is 2.20. The second-order valence-corrected chi connectivity index (χ2v) is 7.79. The summed E-state index contributed by atoms with van der Waals surface area (Å²) >= 11 is 1.34. The summed E-state index contributed by atoms with van der Waals surface area (Å²) in [4.78, 5) is 42.2. The zero-order valence-corrected chi connectivity index (χ0v) is 17.3. The minimum atomic E-state index is -0.494. The van der Waals surface area contributed by atoms with Gasteiger partial charge in [-0.05, 0) is 50.1 Å². The fourth-order valence-electron chi connectivity index (χ4n) is 3.20. The first-order valence-corrected chi connectivity index (χ1v) is 9.93. The smallest absolute Gasteiger partial charge is 0.266 e. The van der Waals surface area contributed by atoms with Gasteiger partial charge >= 0.3 is 0 Å². The first-order chi connectivity index (χ1) is 13.8. The number of pyridine rings is 1. The zero-order chi connectivity index (χ0) is 21.1. The van der Waals surface area contributed by atoms with Crippen LogP contribution in [-0.2, 0) is 4.79 Å². The van der Waals surface area contributed by atoms with Crippen LogP contribution in [0.2, 0.25) is 0 Å². The normalized spacial score (nSPS) is 10.7. The van der Waals surface area contributed by atoms with Crippen LogP contribution in [0.1, 0.15) is 43.3 Å². The van der Waals surface area contributed by atoms with Crippen molar-refractivity contribution in [3.8, 4) is 0 Å². The Morgan fingerprint density at radius 1 is 1.10 bits per heavy atom. The quantitative estimate of drug-likeness (QED) is 0.579. The van der Waals surface area contributed by atoms with Crippen molar-refractivity contribution in [2.24, 2.45) is 5.73 Å². The van der Waals surface area contributed by atoms with Gasteiger partial charge in [-0.2, -0.15) is 0 Å². The summed E-state index contributed by atoms with van der Waals surface area (Å²) in [7, 11) is 0. The number of benzene rings is 1. The van der Waals surface area contributed by atoms with E-state index in [1.165, 1.54) is 11.3 Å². The van der Waals surface area contributed by atoms with E-state index in [0.717, 1.165) is 27.0 Å². The Balaban J connectivity index is 1.86. The van der Waals surface area contributed by atoms with Crippen LogP contribution in [0.5, 0.6) is 0 Å². The van der Waals surface area contributed by atoms with Crippen LogP contribution in [0.25, 0.3) is 10.2 Å². The molecule has 0 saturated heterocycles. The lowest BCUT2D eigenvalue weighted by atomic mass is 10.1. The molecule has 0 bridgehead atoms. The summed E-state index contributed by atoms with van der Waals surface area (Å²) in [6.45, 7) is 5.97. The van der Waals surface area contributed by atoms with Crippen molar-refractivity contribution < 1.29 is 14.4 Å². The number of hydrogen-bond acceptors (Lipinski definition) is 5. The number of rotatable bonds is 6. The van der Waals surface area contributed by atoms with Crippen LogP contribution in [0.4, 0.5) is 5.69 Å². The molecule has 29 heavy (non-hydrogen) atoms. The Morgan fingerprint density at radius 2 is 1.83 bits per heavy atom. The summed E-state index contributed by atoms with van der Waals surface area (Å²) in [5.74, 6) is -1.17. The van der Waals surface area contributed by atoms with Gasteiger partial charge in [0.25, 0.3) is 11.8 Å². The van der Waals surface area contributed by atoms with E-state index >= 15 is 0 Å². The van der Waals surface area contributed by atoms with E-state index in [1.807, 2.05) is 26.8 Å². The molecule has 1 aromatic carbocycles. The fraction of sp³-hybridized carbons (Fsp3) is 0.238. The molecule has 3 aromatic rings. The number of amides is 3. The Bertz CT molecular complexity index is 1120. The fourth-order valence-corrected chi connectivity index (χ4v) is 4.40. The molecule has 2 heterocycles. The minimum Gasteiger partial charge on any atom is -0.370 e. The molecule has 0 aliphatic heterocycles. The van der Waals surface area contributed by atoms with Gasteiger partial charge in [-0.1, -0.05) is 12.1 Å². The van der Waals surface area contributed by atoms with E-state index < -0.39 is 5.91 Å². The van der Waals surface area contributed by atoms with E-state index in [1.54, 1.807) is 24.3 Å². The Kier molecular flexibility index (Phi) is 5.93. The van der Waals surface area contributed by atoms with Gasteiger partial charge in [0.05, 0.1) is 16.1 Å². The van der Waals surface area contributed by atoms with E-state index in [9.17, 15) is 14.4 Å². The van der Waals surface area contributed by atoms with Crippen molar-refractivity contribution in [1.29, 1.82) is 0 Å².